The molecule has 0 radical (unpaired) electrons. The average molecular weight is 160 g/mol. The van der Waals surface area contributed by atoms with Crippen molar-refractivity contribution in [2.45, 2.75) is 6.42 Å². The molecule has 0 saturated carbocycles. The highest BCUT2D eigenvalue weighted by Crippen LogP contribution is 2.39. The maximum atomic E-state index is 5.06. The van der Waals surface area contributed by atoms with Crippen LogP contribution in [0.25, 0.3) is 5.57 Å². The SMILES string of the molecule is COCC1=C(c2ccccc2)C1. The van der Waals surface area contributed by atoms with Gasteiger partial charge in [0, 0.05) is 7.11 Å². The zero-order valence-corrected chi connectivity index (χ0v) is 7.21. The molecule has 1 aromatic rings. The molecule has 0 aliphatic heterocycles. The van der Waals surface area contributed by atoms with Crippen molar-refractivity contribution in [3.05, 3.63) is 41.5 Å². The standard InChI is InChI=1S/C11H12O/c1-12-8-10-7-11(10)9-5-3-2-4-6-9/h2-6H,7-8H2,1H3. The number of ether oxygens (including phenoxy) is 1. The normalized spacial score (nSPS) is 15.1. The second-order valence-corrected chi connectivity index (χ2v) is 3.06. The highest BCUT2D eigenvalue weighted by atomic mass is 16.5. The van der Waals surface area contributed by atoms with Crippen LogP contribution in [0.3, 0.4) is 0 Å². The van der Waals surface area contributed by atoms with Crippen LogP contribution >= 0.6 is 0 Å². The lowest BCUT2D eigenvalue weighted by atomic mass is 10.2. The molecule has 0 N–H and O–H groups in total. The Morgan fingerprint density at radius 2 is 2.00 bits per heavy atom. The van der Waals surface area contributed by atoms with Gasteiger partial charge in [-0.3, -0.25) is 0 Å². The van der Waals surface area contributed by atoms with E-state index < -0.39 is 0 Å². The van der Waals surface area contributed by atoms with Gasteiger partial charge in [-0.25, -0.2) is 0 Å². The lowest BCUT2D eigenvalue weighted by Crippen LogP contribution is -1.81. The van der Waals surface area contributed by atoms with Crippen LogP contribution in [0.4, 0.5) is 0 Å². The molecule has 0 unspecified atom stereocenters. The topological polar surface area (TPSA) is 9.23 Å². The summed E-state index contributed by atoms with van der Waals surface area (Å²) < 4.78 is 5.06. The second kappa shape index (κ2) is 3.11. The fourth-order valence-electron chi connectivity index (χ4n) is 1.43. The number of benzene rings is 1. The third-order valence-corrected chi connectivity index (χ3v) is 2.13. The first-order valence-corrected chi connectivity index (χ1v) is 4.17. The van der Waals surface area contributed by atoms with Gasteiger partial charge >= 0.3 is 0 Å². The van der Waals surface area contributed by atoms with E-state index in [0.717, 1.165) is 13.0 Å². The quantitative estimate of drug-likeness (QED) is 0.660. The summed E-state index contributed by atoms with van der Waals surface area (Å²) in [7, 11) is 1.74. The van der Waals surface area contributed by atoms with E-state index in [9.17, 15) is 0 Å². The molecule has 12 heavy (non-hydrogen) atoms. The number of hydrogen-bond donors (Lipinski definition) is 0. The molecule has 0 spiro atoms. The maximum Gasteiger partial charge on any atom is 0.0682 e. The van der Waals surface area contributed by atoms with Gasteiger partial charge in [-0.2, -0.15) is 0 Å². The van der Waals surface area contributed by atoms with Gasteiger partial charge in [-0.15, -0.1) is 0 Å². The van der Waals surface area contributed by atoms with Gasteiger partial charge in [0.2, 0.25) is 0 Å². The van der Waals surface area contributed by atoms with E-state index in [1.807, 2.05) is 6.07 Å². The molecule has 1 nitrogen and oxygen atoms in total. The second-order valence-electron chi connectivity index (χ2n) is 3.06. The van der Waals surface area contributed by atoms with Crippen LogP contribution in [0.2, 0.25) is 0 Å². The lowest BCUT2D eigenvalue weighted by Gasteiger charge is -1.90. The molecule has 62 valence electrons. The Bertz CT molecular complexity index is 298. The summed E-state index contributed by atoms with van der Waals surface area (Å²) in [5.41, 5.74) is 4.27. The highest BCUT2D eigenvalue weighted by molar-refractivity contribution is 5.82. The molecule has 0 bridgehead atoms. The molecular formula is C11H12O. The van der Waals surface area contributed by atoms with Crippen molar-refractivity contribution in [3.63, 3.8) is 0 Å². The minimum atomic E-state index is 0.796. The van der Waals surface area contributed by atoms with Gasteiger partial charge in [0.1, 0.15) is 0 Å². The van der Waals surface area contributed by atoms with Crippen molar-refractivity contribution >= 4 is 5.57 Å². The molecule has 0 amide bonds. The summed E-state index contributed by atoms with van der Waals surface area (Å²) >= 11 is 0. The minimum absolute atomic E-state index is 0.796. The summed E-state index contributed by atoms with van der Waals surface area (Å²) in [6.07, 6.45) is 1.14. The van der Waals surface area contributed by atoms with Crippen LogP contribution < -0.4 is 0 Å². The van der Waals surface area contributed by atoms with Crippen molar-refractivity contribution in [2.75, 3.05) is 13.7 Å². The van der Waals surface area contributed by atoms with Gasteiger partial charge in [0.25, 0.3) is 0 Å². The zero-order valence-electron chi connectivity index (χ0n) is 7.21. The predicted molar refractivity (Wildman–Crippen MR) is 49.9 cm³/mol. The number of methoxy groups -OCH3 is 1. The monoisotopic (exact) mass is 160 g/mol. The molecule has 2 rings (SSSR count). The third-order valence-electron chi connectivity index (χ3n) is 2.13. The molecule has 0 aromatic heterocycles. The first-order chi connectivity index (χ1) is 5.92. The van der Waals surface area contributed by atoms with Crippen LogP contribution in [0.5, 0.6) is 0 Å². The summed E-state index contributed by atoms with van der Waals surface area (Å²) in [5.74, 6) is 0. The van der Waals surface area contributed by atoms with E-state index in [-0.39, 0.29) is 0 Å². The summed E-state index contributed by atoms with van der Waals surface area (Å²) in [5, 5.41) is 0. The summed E-state index contributed by atoms with van der Waals surface area (Å²) in [6.45, 7) is 0.796. The van der Waals surface area contributed by atoms with Crippen molar-refractivity contribution in [3.8, 4) is 0 Å². The molecule has 1 aliphatic rings. The molecule has 0 fully saturated rings. The van der Waals surface area contributed by atoms with Gasteiger partial charge in [-0.05, 0) is 23.1 Å². The number of allylic oxidation sites excluding steroid dienone is 1. The maximum absolute atomic E-state index is 5.06. The van der Waals surface area contributed by atoms with Gasteiger partial charge in [0.05, 0.1) is 6.61 Å². The number of rotatable bonds is 3. The predicted octanol–water partition coefficient (Wildman–Crippen LogP) is 2.49. The largest absolute Gasteiger partial charge is 0.380 e. The molecule has 0 saturated heterocycles. The Balaban J connectivity index is 2.14. The Labute approximate surface area is 72.7 Å². The lowest BCUT2D eigenvalue weighted by molar-refractivity contribution is 0.229. The molecule has 1 aliphatic carbocycles. The van der Waals surface area contributed by atoms with Crippen LogP contribution in [0.15, 0.2) is 35.9 Å². The highest BCUT2D eigenvalue weighted by Gasteiger charge is 2.21. The van der Waals surface area contributed by atoms with Gasteiger partial charge in [-0.1, -0.05) is 30.3 Å². The first-order valence-electron chi connectivity index (χ1n) is 4.17. The van der Waals surface area contributed by atoms with Crippen LogP contribution in [0.1, 0.15) is 12.0 Å². The Morgan fingerprint density at radius 1 is 1.25 bits per heavy atom. The summed E-state index contributed by atoms with van der Waals surface area (Å²) in [4.78, 5) is 0. The number of hydrogen-bond acceptors (Lipinski definition) is 1. The Hall–Kier alpha value is -1.08. The molecular weight excluding hydrogens is 148 g/mol. The fourth-order valence-corrected chi connectivity index (χ4v) is 1.43. The van der Waals surface area contributed by atoms with E-state index in [0.29, 0.717) is 0 Å². The van der Waals surface area contributed by atoms with Crippen molar-refractivity contribution in [2.24, 2.45) is 0 Å². The van der Waals surface area contributed by atoms with Crippen LogP contribution in [0, 0.1) is 0 Å². The first kappa shape index (κ1) is 7.56. The Morgan fingerprint density at radius 3 is 2.67 bits per heavy atom. The van der Waals surface area contributed by atoms with Crippen molar-refractivity contribution in [1.29, 1.82) is 0 Å². The van der Waals surface area contributed by atoms with Crippen molar-refractivity contribution < 1.29 is 4.74 Å². The van der Waals surface area contributed by atoms with E-state index >= 15 is 0 Å². The van der Waals surface area contributed by atoms with Crippen LogP contribution in [-0.4, -0.2) is 13.7 Å². The summed E-state index contributed by atoms with van der Waals surface area (Å²) in [6, 6.07) is 10.5. The average Bonchev–Trinajstić information content (AvgIpc) is 2.87. The zero-order chi connectivity index (χ0) is 8.39. The fraction of sp³-hybridized carbons (Fsp3) is 0.273. The van der Waals surface area contributed by atoms with Gasteiger partial charge in [0.15, 0.2) is 0 Å². The van der Waals surface area contributed by atoms with E-state index in [2.05, 4.69) is 24.3 Å². The minimum Gasteiger partial charge on any atom is -0.380 e. The molecule has 1 heteroatoms. The molecule has 0 atom stereocenters. The Kier molecular flexibility index (Phi) is 1.96. The smallest absolute Gasteiger partial charge is 0.0682 e. The molecule has 1 aromatic carbocycles. The van der Waals surface area contributed by atoms with Crippen LogP contribution in [-0.2, 0) is 4.74 Å². The van der Waals surface area contributed by atoms with Crippen molar-refractivity contribution in [1.82, 2.24) is 0 Å². The molecule has 0 heterocycles. The van der Waals surface area contributed by atoms with E-state index in [4.69, 9.17) is 4.74 Å². The third kappa shape index (κ3) is 1.41. The van der Waals surface area contributed by atoms with Gasteiger partial charge < -0.3 is 4.74 Å². The van der Waals surface area contributed by atoms with E-state index in [1.54, 1.807) is 7.11 Å². The van der Waals surface area contributed by atoms with E-state index in [1.165, 1.54) is 16.7 Å².